The van der Waals surface area contributed by atoms with Crippen LogP contribution in [-0.4, -0.2) is 36.1 Å². The van der Waals surface area contributed by atoms with Crippen molar-refractivity contribution in [3.8, 4) is 0 Å². The number of rotatable bonds is 2. The van der Waals surface area contributed by atoms with Crippen LogP contribution in [0, 0.1) is 5.82 Å². The summed E-state index contributed by atoms with van der Waals surface area (Å²) in [5.74, 6) is -1.42. The molecule has 0 amide bonds. The van der Waals surface area contributed by atoms with Crippen molar-refractivity contribution in [3.05, 3.63) is 28.0 Å². The molecular formula is C13H16BrFN2O2. The number of nitrogens with two attached hydrogens (primary N) is 1. The monoisotopic (exact) mass is 330 g/mol. The van der Waals surface area contributed by atoms with Crippen molar-refractivity contribution in [2.75, 3.05) is 25.9 Å². The quantitative estimate of drug-likeness (QED) is 0.816. The zero-order valence-electron chi connectivity index (χ0n) is 10.6. The van der Waals surface area contributed by atoms with Crippen LogP contribution in [0.1, 0.15) is 18.4 Å². The number of likely N-dealkylation sites (tertiary alicyclic amines) is 1. The van der Waals surface area contributed by atoms with Gasteiger partial charge in [-0.05, 0) is 66.6 Å². The minimum absolute atomic E-state index is 0.313. The van der Waals surface area contributed by atoms with Gasteiger partial charge in [-0.25, -0.2) is 4.39 Å². The van der Waals surface area contributed by atoms with Gasteiger partial charge in [0.1, 0.15) is 5.82 Å². The highest BCUT2D eigenvalue weighted by atomic mass is 79.9. The van der Waals surface area contributed by atoms with Gasteiger partial charge >= 0.3 is 5.97 Å². The van der Waals surface area contributed by atoms with E-state index in [2.05, 4.69) is 20.8 Å². The highest BCUT2D eigenvalue weighted by molar-refractivity contribution is 9.10. The molecule has 6 heteroatoms. The molecule has 1 aromatic carbocycles. The smallest absolute Gasteiger partial charge is 0.314 e. The molecule has 0 unspecified atom stereocenters. The van der Waals surface area contributed by atoms with E-state index in [0.717, 1.165) is 0 Å². The summed E-state index contributed by atoms with van der Waals surface area (Å²) >= 11 is 3.18. The van der Waals surface area contributed by atoms with Crippen LogP contribution in [0.3, 0.4) is 0 Å². The lowest BCUT2D eigenvalue weighted by Gasteiger charge is -2.38. The Hall–Kier alpha value is -1.14. The van der Waals surface area contributed by atoms with Crippen molar-refractivity contribution < 1.29 is 14.3 Å². The fourth-order valence-electron chi connectivity index (χ4n) is 2.58. The summed E-state index contributed by atoms with van der Waals surface area (Å²) in [6, 6.07) is 2.50. The van der Waals surface area contributed by atoms with E-state index in [4.69, 9.17) is 5.73 Å². The second kappa shape index (κ2) is 5.09. The van der Waals surface area contributed by atoms with Crippen LogP contribution in [0.25, 0.3) is 0 Å². The topological polar surface area (TPSA) is 66.6 Å². The SMILES string of the molecule is CN1CCC(C(=O)O)(c2cc(F)cc(Br)c2N)CC1. The molecule has 1 aliphatic heterocycles. The lowest BCUT2D eigenvalue weighted by Crippen LogP contribution is -2.46. The van der Waals surface area contributed by atoms with E-state index in [0.29, 0.717) is 41.7 Å². The number of carboxylic acids is 1. The lowest BCUT2D eigenvalue weighted by atomic mass is 9.72. The van der Waals surface area contributed by atoms with Crippen LogP contribution >= 0.6 is 15.9 Å². The molecule has 4 nitrogen and oxygen atoms in total. The number of benzene rings is 1. The van der Waals surface area contributed by atoms with Gasteiger partial charge in [-0.15, -0.1) is 0 Å². The second-order valence-electron chi connectivity index (χ2n) is 5.04. The summed E-state index contributed by atoms with van der Waals surface area (Å²) < 4.78 is 14.0. The third kappa shape index (κ3) is 2.47. The van der Waals surface area contributed by atoms with Gasteiger partial charge < -0.3 is 15.7 Å². The van der Waals surface area contributed by atoms with Crippen LogP contribution in [0.2, 0.25) is 0 Å². The Bertz CT molecular complexity index is 514. The molecule has 0 aromatic heterocycles. The molecule has 19 heavy (non-hydrogen) atoms. The van der Waals surface area contributed by atoms with Crippen molar-refractivity contribution in [1.82, 2.24) is 4.90 Å². The van der Waals surface area contributed by atoms with Crippen LogP contribution in [0.15, 0.2) is 16.6 Å². The normalized spacial score (nSPS) is 19.3. The van der Waals surface area contributed by atoms with Crippen LogP contribution in [0.5, 0.6) is 0 Å². The van der Waals surface area contributed by atoms with E-state index < -0.39 is 17.2 Å². The van der Waals surface area contributed by atoms with Crippen molar-refractivity contribution in [2.45, 2.75) is 18.3 Å². The van der Waals surface area contributed by atoms with Crippen LogP contribution in [0.4, 0.5) is 10.1 Å². The highest BCUT2D eigenvalue weighted by Crippen LogP contribution is 2.41. The molecule has 104 valence electrons. The molecular weight excluding hydrogens is 315 g/mol. The number of carbonyl (C=O) groups is 1. The molecule has 1 fully saturated rings. The van der Waals surface area contributed by atoms with Gasteiger partial charge in [0.25, 0.3) is 0 Å². The molecule has 1 heterocycles. The number of nitrogen functional groups attached to an aromatic ring is 1. The molecule has 0 atom stereocenters. The van der Waals surface area contributed by atoms with E-state index >= 15 is 0 Å². The maximum absolute atomic E-state index is 13.6. The molecule has 2 rings (SSSR count). The minimum atomic E-state index is -1.10. The standard InChI is InChI=1S/C13H16BrFN2O2/c1-17-4-2-13(3-5-17,12(18)19)9-6-8(15)7-10(14)11(9)16/h6-7H,2-5,16H2,1H3,(H,18,19). The largest absolute Gasteiger partial charge is 0.481 e. The van der Waals surface area contributed by atoms with Gasteiger partial charge in [0.2, 0.25) is 0 Å². The Balaban J connectivity index is 2.54. The van der Waals surface area contributed by atoms with Crippen LogP contribution < -0.4 is 5.73 Å². The second-order valence-corrected chi connectivity index (χ2v) is 5.89. The van der Waals surface area contributed by atoms with E-state index in [-0.39, 0.29) is 0 Å². The fourth-order valence-corrected chi connectivity index (χ4v) is 3.01. The minimum Gasteiger partial charge on any atom is -0.481 e. The zero-order valence-corrected chi connectivity index (χ0v) is 12.2. The molecule has 0 spiro atoms. The number of hydrogen-bond acceptors (Lipinski definition) is 3. The molecule has 1 aromatic rings. The first-order valence-electron chi connectivity index (χ1n) is 6.04. The van der Waals surface area contributed by atoms with E-state index in [1.54, 1.807) is 0 Å². The molecule has 0 radical (unpaired) electrons. The van der Waals surface area contributed by atoms with Crippen molar-refractivity contribution in [2.24, 2.45) is 0 Å². The summed E-state index contributed by atoms with van der Waals surface area (Å²) in [6.45, 7) is 1.31. The number of carboxylic acid groups (broad SMARTS) is 1. The molecule has 3 N–H and O–H groups in total. The van der Waals surface area contributed by atoms with Gasteiger partial charge in [0, 0.05) is 4.47 Å². The first kappa shape index (κ1) is 14.3. The Kier molecular flexibility index (Phi) is 3.82. The van der Waals surface area contributed by atoms with Crippen molar-refractivity contribution in [3.63, 3.8) is 0 Å². The summed E-state index contributed by atoms with van der Waals surface area (Å²) in [5, 5.41) is 9.62. The van der Waals surface area contributed by atoms with E-state index in [1.165, 1.54) is 12.1 Å². The van der Waals surface area contributed by atoms with Gasteiger partial charge in [-0.2, -0.15) is 0 Å². The number of piperidine rings is 1. The van der Waals surface area contributed by atoms with Gasteiger partial charge in [0.15, 0.2) is 0 Å². The Morgan fingerprint density at radius 3 is 2.58 bits per heavy atom. The third-order valence-corrected chi connectivity index (χ3v) is 4.52. The molecule has 1 saturated heterocycles. The van der Waals surface area contributed by atoms with E-state index in [9.17, 15) is 14.3 Å². The average molecular weight is 331 g/mol. The fraction of sp³-hybridized carbons (Fsp3) is 0.462. The maximum Gasteiger partial charge on any atom is 0.314 e. The summed E-state index contributed by atoms with van der Waals surface area (Å²) in [6.07, 6.45) is 0.859. The van der Waals surface area contributed by atoms with Crippen LogP contribution in [-0.2, 0) is 10.2 Å². The van der Waals surface area contributed by atoms with Gasteiger partial charge in [0.05, 0.1) is 11.1 Å². The Morgan fingerprint density at radius 1 is 1.47 bits per heavy atom. The summed E-state index contributed by atoms with van der Waals surface area (Å²) in [4.78, 5) is 13.8. The number of nitrogens with zero attached hydrogens (tertiary/aromatic N) is 1. The molecule has 0 saturated carbocycles. The van der Waals surface area contributed by atoms with Crippen molar-refractivity contribution in [1.29, 1.82) is 0 Å². The highest BCUT2D eigenvalue weighted by Gasteiger charge is 2.44. The number of anilines is 1. The number of hydrogen-bond donors (Lipinski definition) is 2. The van der Waals surface area contributed by atoms with E-state index in [1.807, 2.05) is 7.05 Å². The molecule has 0 aliphatic carbocycles. The maximum atomic E-state index is 13.6. The van der Waals surface area contributed by atoms with Gasteiger partial charge in [-0.1, -0.05) is 0 Å². The Morgan fingerprint density at radius 2 is 2.05 bits per heavy atom. The predicted octanol–water partition coefficient (Wildman–Crippen LogP) is 2.22. The molecule has 1 aliphatic rings. The third-order valence-electron chi connectivity index (χ3n) is 3.86. The Labute approximate surface area is 119 Å². The summed E-state index contributed by atoms with van der Waals surface area (Å²) in [7, 11) is 1.94. The lowest BCUT2D eigenvalue weighted by molar-refractivity contribution is -0.145. The predicted molar refractivity (Wildman–Crippen MR) is 74.6 cm³/mol. The first-order valence-corrected chi connectivity index (χ1v) is 6.83. The summed E-state index contributed by atoms with van der Waals surface area (Å²) in [5.41, 5.74) is 5.54. The van der Waals surface area contributed by atoms with Gasteiger partial charge in [-0.3, -0.25) is 4.79 Å². The van der Waals surface area contributed by atoms with Crippen molar-refractivity contribution >= 4 is 27.6 Å². The average Bonchev–Trinajstić information content (AvgIpc) is 2.35. The number of aliphatic carboxylic acids is 1. The molecule has 0 bridgehead atoms. The number of halogens is 2. The first-order chi connectivity index (χ1) is 8.86. The zero-order chi connectivity index (χ0) is 14.2.